The van der Waals surface area contributed by atoms with Crippen LogP contribution in [0.4, 0.5) is 0 Å². The molecule has 4 heteroatoms. The van der Waals surface area contributed by atoms with E-state index in [4.69, 9.17) is 4.74 Å². The monoisotopic (exact) mass is 293 g/mol. The van der Waals surface area contributed by atoms with Gasteiger partial charge in [-0.1, -0.05) is 19.1 Å². The van der Waals surface area contributed by atoms with Crippen LogP contribution in [0, 0.1) is 6.92 Å². The van der Waals surface area contributed by atoms with Crippen LogP contribution >= 0.6 is 0 Å². The molecule has 0 aliphatic carbocycles. The van der Waals surface area contributed by atoms with E-state index in [2.05, 4.69) is 5.32 Å². The molecule has 0 spiro atoms. The van der Waals surface area contributed by atoms with Gasteiger partial charge in [-0.3, -0.25) is 4.79 Å². The fraction of sp³-hybridized carbons (Fsp3) is 0.588. The van der Waals surface area contributed by atoms with E-state index >= 15 is 0 Å². The van der Waals surface area contributed by atoms with Gasteiger partial charge in [0.15, 0.2) is 6.10 Å². The van der Waals surface area contributed by atoms with Crippen LogP contribution in [0.5, 0.6) is 5.75 Å². The Labute approximate surface area is 127 Å². The first-order valence-corrected chi connectivity index (χ1v) is 7.43. The van der Waals surface area contributed by atoms with Gasteiger partial charge in [0, 0.05) is 11.1 Å². The number of ether oxygens (including phenoxy) is 1. The van der Waals surface area contributed by atoms with Gasteiger partial charge in [0.2, 0.25) is 0 Å². The number of aliphatic hydroxyl groups excluding tert-OH is 1. The minimum atomic E-state index is -0.636. The highest BCUT2D eigenvalue weighted by Gasteiger charge is 2.23. The maximum absolute atomic E-state index is 12.2. The second-order valence-electron chi connectivity index (χ2n) is 6.20. The summed E-state index contributed by atoms with van der Waals surface area (Å²) >= 11 is 0. The van der Waals surface area contributed by atoms with E-state index in [1.807, 2.05) is 45.9 Å². The molecule has 0 bridgehead atoms. The van der Waals surface area contributed by atoms with Crippen molar-refractivity contribution in [1.29, 1.82) is 0 Å². The number of carbonyl (C=O) groups excluding carboxylic acids is 1. The number of rotatable bonds is 6. The fourth-order valence-electron chi connectivity index (χ4n) is 1.86. The average Bonchev–Trinajstić information content (AvgIpc) is 2.37. The summed E-state index contributed by atoms with van der Waals surface area (Å²) < 4.78 is 5.77. The smallest absolute Gasteiger partial charge is 0.261 e. The molecule has 0 saturated carbocycles. The topological polar surface area (TPSA) is 58.6 Å². The Morgan fingerprint density at radius 2 is 2.00 bits per heavy atom. The van der Waals surface area contributed by atoms with E-state index < -0.39 is 12.2 Å². The predicted octanol–water partition coefficient (Wildman–Crippen LogP) is 3.12. The van der Waals surface area contributed by atoms with Crippen LogP contribution in [0.3, 0.4) is 0 Å². The van der Waals surface area contributed by atoms with Crippen LogP contribution < -0.4 is 10.1 Å². The lowest BCUT2D eigenvalue weighted by molar-refractivity contribution is -0.129. The molecule has 0 heterocycles. The van der Waals surface area contributed by atoms with Gasteiger partial charge in [0.25, 0.3) is 5.91 Å². The second-order valence-corrected chi connectivity index (χ2v) is 6.20. The molecule has 21 heavy (non-hydrogen) atoms. The van der Waals surface area contributed by atoms with Crippen LogP contribution in [0.2, 0.25) is 0 Å². The molecule has 1 unspecified atom stereocenters. The van der Waals surface area contributed by atoms with E-state index in [0.717, 1.165) is 12.0 Å². The van der Waals surface area contributed by atoms with Crippen molar-refractivity contribution in [2.24, 2.45) is 0 Å². The summed E-state index contributed by atoms with van der Waals surface area (Å²) in [5, 5.41) is 12.8. The number of hydrogen-bond acceptors (Lipinski definition) is 3. The normalized spacial score (nSPS) is 14.4. The molecule has 0 aliphatic rings. The van der Waals surface area contributed by atoms with Crippen LogP contribution in [0.25, 0.3) is 0 Å². The molecular formula is C17H27NO3. The number of hydrogen-bond donors (Lipinski definition) is 2. The first-order valence-electron chi connectivity index (χ1n) is 7.43. The van der Waals surface area contributed by atoms with Crippen molar-refractivity contribution in [2.45, 2.75) is 65.7 Å². The first-order chi connectivity index (χ1) is 9.66. The number of amides is 1. The standard InChI is InChI=1S/C17H27NO3/c1-7-17(5,6)18-16(20)13(4)21-15-10-11(2)8-9-14(15)12(3)19/h8-10,12-13,19H,7H2,1-6H3,(H,18,20)/t12-,13?/m1/s1. The quantitative estimate of drug-likeness (QED) is 0.847. The summed E-state index contributed by atoms with van der Waals surface area (Å²) in [5.41, 5.74) is 1.46. The van der Waals surface area contributed by atoms with Gasteiger partial charge in [0.05, 0.1) is 6.10 Å². The van der Waals surface area contributed by atoms with Gasteiger partial charge in [-0.2, -0.15) is 0 Å². The highest BCUT2D eigenvalue weighted by molar-refractivity contribution is 5.81. The third kappa shape index (κ3) is 5.05. The Bertz CT molecular complexity index is 495. The lowest BCUT2D eigenvalue weighted by atomic mass is 10.0. The van der Waals surface area contributed by atoms with Crippen molar-refractivity contribution >= 4 is 5.91 Å². The summed E-state index contributed by atoms with van der Waals surface area (Å²) in [6, 6.07) is 5.59. The molecule has 2 atom stereocenters. The molecule has 0 fully saturated rings. The Balaban J connectivity index is 2.85. The second kappa shape index (κ2) is 6.94. The van der Waals surface area contributed by atoms with Crippen molar-refractivity contribution < 1.29 is 14.6 Å². The fourth-order valence-corrected chi connectivity index (χ4v) is 1.86. The third-order valence-corrected chi connectivity index (χ3v) is 3.64. The van der Waals surface area contributed by atoms with Crippen LogP contribution in [-0.2, 0) is 4.79 Å². The first kappa shape index (κ1) is 17.5. The van der Waals surface area contributed by atoms with Gasteiger partial charge in [-0.25, -0.2) is 0 Å². The summed E-state index contributed by atoms with van der Waals surface area (Å²) in [6.07, 6.45) is -0.410. The van der Waals surface area contributed by atoms with Crippen molar-refractivity contribution in [3.05, 3.63) is 29.3 Å². The zero-order chi connectivity index (χ0) is 16.2. The van der Waals surface area contributed by atoms with Crippen LogP contribution in [0.15, 0.2) is 18.2 Å². The van der Waals surface area contributed by atoms with Gasteiger partial charge >= 0.3 is 0 Å². The van der Waals surface area contributed by atoms with Crippen molar-refractivity contribution in [3.8, 4) is 5.75 Å². The summed E-state index contributed by atoms with van der Waals surface area (Å²) in [5.74, 6) is 0.404. The molecule has 1 aromatic carbocycles. The molecule has 1 amide bonds. The Hall–Kier alpha value is -1.55. The molecule has 1 rings (SSSR count). The van der Waals surface area contributed by atoms with Gasteiger partial charge in [0.1, 0.15) is 5.75 Å². The molecule has 0 aliphatic heterocycles. The largest absolute Gasteiger partial charge is 0.481 e. The molecule has 0 radical (unpaired) electrons. The van der Waals surface area contributed by atoms with Gasteiger partial charge < -0.3 is 15.2 Å². The number of aryl methyl sites for hydroxylation is 1. The van der Waals surface area contributed by atoms with Crippen molar-refractivity contribution in [1.82, 2.24) is 5.32 Å². The molecule has 1 aromatic rings. The summed E-state index contributed by atoms with van der Waals surface area (Å²) in [6.45, 7) is 11.3. The minimum absolute atomic E-state index is 0.153. The number of aliphatic hydroxyl groups is 1. The zero-order valence-electron chi connectivity index (χ0n) is 13.9. The van der Waals surface area contributed by atoms with E-state index in [1.54, 1.807) is 13.8 Å². The third-order valence-electron chi connectivity index (χ3n) is 3.64. The van der Waals surface area contributed by atoms with Crippen molar-refractivity contribution in [2.75, 3.05) is 0 Å². The number of nitrogens with one attached hydrogen (secondary N) is 1. The average molecular weight is 293 g/mol. The number of benzene rings is 1. The predicted molar refractivity (Wildman–Crippen MR) is 84.4 cm³/mol. The lowest BCUT2D eigenvalue weighted by Crippen LogP contribution is -2.48. The lowest BCUT2D eigenvalue weighted by Gasteiger charge is -2.27. The molecule has 2 N–H and O–H groups in total. The summed E-state index contributed by atoms with van der Waals surface area (Å²) in [7, 11) is 0. The molecular weight excluding hydrogens is 266 g/mol. The Kier molecular flexibility index (Phi) is 5.78. The number of carbonyl (C=O) groups is 1. The van der Waals surface area contributed by atoms with Crippen LogP contribution in [0.1, 0.15) is 58.3 Å². The molecule has 0 saturated heterocycles. The van der Waals surface area contributed by atoms with Gasteiger partial charge in [-0.15, -0.1) is 0 Å². The van der Waals surface area contributed by atoms with Crippen molar-refractivity contribution in [3.63, 3.8) is 0 Å². The molecule has 4 nitrogen and oxygen atoms in total. The van der Waals surface area contributed by atoms with Gasteiger partial charge in [-0.05, 0) is 52.7 Å². The Morgan fingerprint density at radius 1 is 1.38 bits per heavy atom. The van der Waals surface area contributed by atoms with E-state index in [-0.39, 0.29) is 11.4 Å². The summed E-state index contributed by atoms with van der Waals surface area (Å²) in [4.78, 5) is 12.2. The van der Waals surface area contributed by atoms with E-state index in [1.165, 1.54) is 0 Å². The van der Waals surface area contributed by atoms with E-state index in [0.29, 0.717) is 11.3 Å². The highest BCUT2D eigenvalue weighted by Crippen LogP contribution is 2.27. The maximum Gasteiger partial charge on any atom is 0.261 e. The minimum Gasteiger partial charge on any atom is -0.481 e. The van der Waals surface area contributed by atoms with Crippen LogP contribution in [-0.4, -0.2) is 22.7 Å². The maximum atomic E-state index is 12.2. The molecule has 118 valence electrons. The SMILES string of the molecule is CCC(C)(C)NC(=O)C(C)Oc1cc(C)ccc1[C@@H](C)O. The molecule has 0 aromatic heterocycles. The van der Waals surface area contributed by atoms with E-state index in [9.17, 15) is 9.90 Å². The Morgan fingerprint density at radius 3 is 2.52 bits per heavy atom. The highest BCUT2D eigenvalue weighted by atomic mass is 16.5. The zero-order valence-corrected chi connectivity index (χ0v) is 13.9.